The number of carbonyl (C=O) groups is 1. The summed E-state index contributed by atoms with van der Waals surface area (Å²) in [6.45, 7) is 4.97. The first-order valence-corrected chi connectivity index (χ1v) is 6.91. The van der Waals surface area contributed by atoms with Crippen molar-refractivity contribution in [2.24, 2.45) is 0 Å². The van der Waals surface area contributed by atoms with E-state index >= 15 is 0 Å². The predicted molar refractivity (Wildman–Crippen MR) is 73.8 cm³/mol. The summed E-state index contributed by atoms with van der Waals surface area (Å²) in [4.78, 5) is 13.3. The molecular weight excluding hydrogens is 242 g/mol. The average molecular weight is 263 g/mol. The molecule has 2 rings (SSSR count). The zero-order valence-electron chi connectivity index (χ0n) is 11.3. The minimum Gasteiger partial charge on any atom is -0.494 e. The maximum Gasteiger partial charge on any atom is 0.335 e. The SMILES string of the molecule is CCN(CCCOc1cccc(C(=O)O)c1)C1CC1. The molecule has 1 aromatic rings. The van der Waals surface area contributed by atoms with Gasteiger partial charge in [-0.25, -0.2) is 4.79 Å². The number of carboxylic acids is 1. The standard InChI is InChI=1S/C15H21NO3/c1-2-16(13-7-8-13)9-4-10-19-14-6-3-5-12(11-14)15(17)18/h3,5-6,11,13H,2,4,7-10H2,1H3,(H,17,18). The van der Waals surface area contributed by atoms with Gasteiger partial charge in [-0.05, 0) is 44.0 Å². The molecule has 0 bridgehead atoms. The summed E-state index contributed by atoms with van der Waals surface area (Å²) in [6, 6.07) is 7.44. The molecule has 1 saturated carbocycles. The van der Waals surface area contributed by atoms with Crippen LogP contribution in [0.2, 0.25) is 0 Å². The Balaban J connectivity index is 1.73. The number of aromatic carboxylic acids is 1. The molecule has 0 aromatic heterocycles. The summed E-state index contributed by atoms with van der Waals surface area (Å²) in [5, 5.41) is 8.89. The van der Waals surface area contributed by atoms with Crippen LogP contribution in [0.4, 0.5) is 0 Å². The summed E-state index contributed by atoms with van der Waals surface area (Å²) < 4.78 is 5.60. The molecule has 1 N–H and O–H groups in total. The highest BCUT2D eigenvalue weighted by Crippen LogP contribution is 2.26. The van der Waals surface area contributed by atoms with Gasteiger partial charge in [0.25, 0.3) is 0 Å². The lowest BCUT2D eigenvalue weighted by Crippen LogP contribution is -2.27. The largest absolute Gasteiger partial charge is 0.494 e. The second-order valence-corrected chi connectivity index (χ2v) is 4.89. The van der Waals surface area contributed by atoms with Crippen LogP contribution in [0.5, 0.6) is 5.75 Å². The third kappa shape index (κ3) is 4.24. The monoisotopic (exact) mass is 263 g/mol. The molecule has 1 aromatic carbocycles. The van der Waals surface area contributed by atoms with Crippen molar-refractivity contribution in [3.8, 4) is 5.75 Å². The third-order valence-electron chi connectivity index (χ3n) is 3.41. The van der Waals surface area contributed by atoms with Crippen molar-refractivity contribution in [2.45, 2.75) is 32.2 Å². The molecule has 0 atom stereocenters. The van der Waals surface area contributed by atoms with Gasteiger partial charge in [0.15, 0.2) is 0 Å². The maximum atomic E-state index is 10.8. The molecule has 0 saturated heterocycles. The number of rotatable bonds is 8. The van der Waals surface area contributed by atoms with Gasteiger partial charge in [-0.2, -0.15) is 0 Å². The van der Waals surface area contributed by atoms with Crippen LogP contribution >= 0.6 is 0 Å². The molecule has 1 fully saturated rings. The Hall–Kier alpha value is -1.55. The highest BCUT2D eigenvalue weighted by Gasteiger charge is 2.26. The second kappa shape index (κ2) is 6.57. The lowest BCUT2D eigenvalue weighted by Gasteiger charge is -2.19. The number of ether oxygens (including phenoxy) is 1. The van der Waals surface area contributed by atoms with Crippen LogP contribution in [-0.2, 0) is 0 Å². The van der Waals surface area contributed by atoms with Crippen LogP contribution in [0.1, 0.15) is 36.5 Å². The Labute approximate surface area is 114 Å². The number of benzene rings is 1. The minimum atomic E-state index is -0.920. The Morgan fingerprint density at radius 2 is 2.26 bits per heavy atom. The van der Waals surface area contributed by atoms with Gasteiger partial charge < -0.3 is 14.7 Å². The van der Waals surface area contributed by atoms with Gasteiger partial charge in [0.05, 0.1) is 12.2 Å². The van der Waals surface area contributed by atoms with E-state index in [1.54, 1.807) is 24.3 Å². The molecular formula is C15H21NO3. The number of nitrogens with zero attached hydrogens (tertiary/aromatic N) is 1. The highest BCUT2D eigenvalue weighted by atomic mass is 16.5. The molecule has 19 heavy (non-hydrogen) atoms. The summed E-state index contributed by atoms with van der Waals surface area (Å²) >= 11 is 0. The van der Waals surface area contributed by atoms with Gasteiger partial charge in [-0.15, -0.1) is 0 Å². The molecule has 104 valence electrons. The molecule has 0 radical (unpaired) electrons. The van der Waals surface area contributed by atoms with Crippen molar-refractivity contribution in [1.29, 1.82) is 0 Å². The molecule has 4 nitrogen and oxygen atoms in total. The van der Waals surface area contributed by atoms with Crippen LogP contribution in [0.15, 0.2) is 24.3 Å². The van der Waals surface area contributed by atoms with Gasteiger partial charge in [-0.3, -0.25) is 0 Å². The number of hydrogen-bond acceptors (Lipinski definition) is 3. The quantitative estimate of drug-likeness (QED) is 0.732. The van der Waals surface area contributed by atoms with E-state index in [1.165, 1.54) is 12.8 Å². The fourth-order valence-corrected chi connectivity index (χ4v) is 2.22. The first kappa shape index (κ1) is 13.9. The molecule has 0 spiro atoms. The van der Waals surface area contributed by atoms with Gasteiger partial charge >= 0.3 is 5.97 Å². The molecule has 0 heterocycles. The fraction of sp³-hybridized carbons (Fsp3) is 0.533. The van der Waals surface area contributed by atoms with E-state index in [2.05, 4.69) is 11.8 Å². The summed E-state index contributed by atoms with van der Waals surface area (Å²) in [5.41, 5.74) is 0.269. The van der Waals surface area contributed by atoms with E-state index in [0.29, 0.717) is 12.4 Å². The van der Waals surface area contributed by atoms with E-state index in [9.17, 15) is 4.79 Å². The van der Waals surface area contributed by atoms with Crippen LogP contribution in [-0.4, -0.2) is 41.7 Å². The van der Waals surface area contributed by atoms with Gasteiger partial charge in [0.2, 0.25) is 0 Å². The van der Waals surface area contributed by atoms with Crippen LogP contribution in [0.3, 0.4) is 0 Å². The lowest BCUT2D eigenvalue weighted by atomic mass is 10.2. The zero-order valence-corrected chi connectivity index (χ0v) is 11.3. The Morgan fingerprint density at radius 3 is 2.89 bits per heavy atom. The van der Waals surface area contributed by atoms with Crippen molar-refractivity contribution in [1.82, 2.24) is 4.90 Å². The molecule has 0 unspecified atom stereocenters. The summed E-state index contributed by atoms with van der Waals surface area (Å²) in [7, 11) is 0. The summed E-state index contributed by atoms with van der Waals surface area (Å²) in [5.74, 6) is -0.286. The van der Waals surface area contributed by atoms with Crippen LogP contribution in [0, 0.1) is 0 Å². The van der Waals surface area contributed by atoms with E-state index in [1.807, 2.05) is 0 Å². The lowest BCUT2D eigenvalue weighted by molar-refractivity contribution is 0.0696. The maximum absolute atomic E-state index is 10.8. The Kier molecular flexibility index (Phi) is 4.80. The van der Waals surface area contributed by atoms with Crippen molar-refractivity contribution < 1.29 is 14.6 Å². The Morgan fingerprint density at radius 1 is 1.47 bits per heavy atom. The smallest absolute Gasteiger partial charge is 0.335 e. The van der Waals surface area contributed by atoms with E-state index in [4.69, 9.17) is 9.84 Å². The zero-order chi connectivity index (χ0) is 13.7. The summed E-state index contributed by atoms with van der Waals surface area (Å²) in [6.07, 6.45) is 3.63. The van der Waals surface area contributed by atoms with E-state index in [-0.39, 0.29) is 5.56 Å². The minimum absolute atomic E-state index is 0.269. The van der Waals surface area contributed by atoms with Crippen LogP contribution in [0.25, 0.3) is 0 Å². The molecule has 0 amide bonds. The number of hydrogen-bond donors (Lipinski definition) is 1. The molecule has 0 aliphatic heterocycles. The Bertz CT molecular complexity index is 429. The van der Waals surface area contributed by atoms with E-state index < -0.39 is 5.97 Å². The third-order valence-corrected chi connectivity index (χ3v) is 3.41. The van der Waals surface area contributed by atoms with E-state index in [0.717, 1.165) is 25.6 Å². The van der Waals surface area contributed by atoms with Gasteiger partial charge in [-0.1, -0.05) is 13.0 Å². The van der Waals surface area contributed by atoms with Gasteiger partial charge in [0.1, 0.15) is 5.75 Å². The topological polar surface area (TPSA) is 49.8 Å². The highest BCUT2D eigenvalue weighted by molar-refractivity contribution is 5.87. The van der Waals surface area contributed by atoms with Crippen LogP contribution < -0.4 is 4.74 Å². The predicted octanol–water partition coefficient (Wildman–Crippen LogP) is 2.64. The normalized spacial score (nSPS) is 14.6. The molecule has 4 heteroatoms. The first-order valence-electron chi connectivity index (χ1n) is 6.91. The second-order valence-electron chi connectivity index (χ2n) is 4.89. The van der Waals surface area contributed by atoms with Crippen molar-refractivity contribution >= 4 is 5.97 Å². The van der Waals surface area contributed by atoms with Gasteiger partial charge in [0, 0.05) is 12.6 Å². The van der Waals surface area contributed by atoms with Crippen molar-refractivity contribution in [2.75, 3.05) is 19.7 Å². The van der Waals surface area contributed by atoms with Crippen molar-refractivity contribution in [3.05, 3.63) is 29.8 Å². The van der Waals surface area contributed by atoms with Crippen molar-refractivity contribution in [3.63, 3.8) is 0 Å². The fourth-order valence-electron chi connectivity index (χ4n) is 2.22. The molecule has 1 aliphatic carbocycles. The number of carboxylic acid groups (broad SMARTS) is 1. The average Bonchev–Trinajstić information content (AvgIpc) is 3.23. The molecule has 1 aliphatic rings. The first-order chi connectivity index (χ1) is 9.20.